The van der Waals surface area contributed by atoms with Crippen molar-refractivity contribution in [1.82, 2.24) is 9.97 Å². The van der Waals surface area contributed by atoms with Gasteiger partial charge in [-0.15, -0.1) is 0 Å². The van der Waals surface area contributed by atoms with Crippen molar-refractivity contribution in [2.75, 3.05) is 5.43 Å². The van der Waals surface area contributed by atoms with Crippen LogP contribution in [0.3, 0.4) is 0 Å². The van der Waals surface area contributed by atoms with E-state index in [9.17, 15) is 23.3 Å². The number of non-ortho nitro benzene ring substituents is 1. The Hall–Kier alpha value is -3.82. The minimum absolute atomic E-state index is 0.0763. The summed E-state index contributed by atoms with van der Waals surface area (Å²) in [5.74, 6) is -0.224. The zero-order valence-corrected chi connectivity index (χ0v) is 15.0. The molecule has 0 unspecified atom stereocenters. The molecule has 3 aromatic rings. The number of alkyl halides is 3. The summed E-state index contributed by atoms with van der Waals surface area (Å²) in [6, 6.07) is 14.7. The number of benzene rings is 2. The smallest absolute Gasteiger partial charge is 0.261 e. The lowest BCUT2D eigenvalue weighted by Gasteiger charge is -2.10. The lowest BCUT2D eigenvalue weighted by molar-refractivity contribution is -0.384. The van der Waals surface area contributed by atoms with Crippen LogP contribution >= 0.6 is 0 Å². The molecule has 1 N–H and O–H groups in total. The molecule has 0 spiro atoms. The molecule has 148 valence electrons. The molecule has 0 saturated heterocycles. The molecule has 0 aliphatic carbocycles. The van der Waals surface area contributed by atoms with Crippen LogP contribution in [0.2, 0.25) is 0 Å². The van der Waals surface area contributed by atoms with E-state index in [4.69, 9.17) is 0 Å². The Balaban J connectivity index is 1.91. The van der Waals surface area contributed by atoms with E-state index in [1.165, 1.54) is 24.3 Å². The number of anilines is 1. The third-order valence-electron chi connectivity index (χ3n) is 3.88. The molecule has 1 heterocycles. The van der Waals surface area contributed by atoms with Crippen molar-refractivity contribution < 1.29 is 18.1 Å². The highest BCUT2D eigenvalue weighted by Crippen LogP contribution is 2.30. The lowest BCUT2D eigenvalue weighted by atomic mass is 10.1. The molecular weight excluding hydrogens is 387 g/mol. The number of nitrogens with one attached hydrogen (secondary N) is 1. The van der Waals surface area contributed by atoms with E-state index in [2.05, 4.69) is 20.5 Å². The van der Waals surface area contributed by atoms with Crippen LogP contribution in [0, 0.1) is 10.1 Å². The van der Waals surface area contributed by atoms with Crippen LogP contribution in [-0.2, 0) is 6.18 Å². The third-order valence-corrected chi connectivity index (χ3v) is 3.88. The Morgan fingerprint density at radius 1 is 1.07 bits per heavy atom. The summed E-state index contributed by atoms with van der Waals surface area (Å²) < 4.78 is 39.7. The zero-order chi connectivity index (χ0) is 21.0. The Kier molecular flexibility index (Phi) is 5.53. The normalized spacial score (nSPS) is 11.9. The Labute approximate surface area is 163 Å². The molecule has 0 saturated carbocycles. The van der Waals surface area contributed by atoms with Gasteiger partial charge in [-0.1, -0.05) is 30.3 Å². The fourth-order valence-electron chi connectivity index (χ4n) is 2.40. The molecule has 1 aromatic heterocycles. The number of hydrazone groups is 1. The second kappa shape index (κ2) is 8.05. The number of aromatic nitrogens is 2. The first kappa shape index (κ1) is 19.9. The van der Waals surface area contributed by atoms with Crippen LogP contribution in [0.1, 0.15) is 18.2 Å². The minimum Gasteiger partial charge on any atom is -0.261 e. The van der Waals surface area contributed by atoms with Gasteiger partial charge in [-0.3, -0.25) is 15.5 Å². The maximum absolute atomic E-state index is 13.2. The van der Waals surface area contributed by atoms with E-state index < -0.39 is 16.8 Å². The van der Waals surface area contributed by atoms with Crippen molar-refractivity contribution in [2.45, 2.75) is 13.1 Å². The van der Waals surface area contributed by atoms with Crippen LogP contribution in [0.15, 0.2) is 65.8 Å². The quantitative estimate of drug-likeness (QED) is 0.373. The van der Waals surface area contributed by atoms with E-state index >= 15 is 0 Å². The average Bonchev–Trinajstić information content (AvgIpc) is 2.72. The van der Waals surface area contributed by atoms with Crippen LogP contribution in [0.25, 0.3) is 11.4 Å². The summed E-state index contributed by atoms with van der Waals surface area (Å²) in [6.07, 6.45) is -4.65. The zero-order valence-electron chi connectivity index (χ0n) is 15.0. The first-order chi connectivity index (χ1) is 13.7. The number of nitrogens with zero attached hydrogens (tertiary/aromatic N) is 4. The monoisotopic (exact) mass is 401 g/mol. The summed E-state index contributed by atoms with van der Waals surface area (Å²) >= 11 is 0. The molecule has 3 rings (SSSR count). The van der Waals surface area contributed by atoms with Crippen molar-refractivity contribution in [3.8, 4) is 11.4 Å². The highest BCUT2D eigenvalue weighted by atomic mass is 19.4. The molecule has 7 nitrogen and oxygen atoms in total. The van der Waals surface area contributed by atoms with E-state index in [-0.39, 0.29) is 17.3 Å². The molecule has 29 heavy (non-hydrogen) atoms. The Morgan fingerprint density at radius 3 is 2.31 bits per heavy atom. The average molecular weight is 401 g/mol. The van der Waals surface area contributed by atoms with Crippen LogP contribution < -0.4 is 5.43 Å². The molecule has 0 aliphatic rings. The number of nitro benzene ring substituents is 1. The maximum atomic E-state index is 13.2. The number of rotatable bonds is 5. The van der Waals surface area contributed by atoms with Gasteiger partial charge >= 0.3 is 6.18 Å². The van der Waals surface area contributed by atoms with Gasteiger partial charge in [0.15, 0.2) is 17.3 Å². The van der Waals surface area contributed by atoms with E-state index in [1.807, 2.05) is 0 Å². The SMILES string of the molecule is C/C(=N/Nc1cc(C(F)(F)F)nc(-c2ccccc2)n1)c1ccc([N+](=O)[O-])cc1. The summed E-state index contributed by atoms with van der Waals surface area (Å²) in [4.78, 5) is 17.9. The molecule has 10 heteroatoms. The van der Waals surface area contributed by atoms with Gasteiger partial charge in [0.2, 0.25) is 0 Å². The minimum atomic E-state index is -4.65. The number of hydrogen-bond acceptors (Lipinski definition) is 6. The Bertz CT molecular complexity index is 1050. The molecule has 0 amide bonds. The van der Waals surface area contributed by atoms with Gasteiger partial charge in [0.05, 0.1) is 10.6 Å². The van der Waals surface area contributed by atoms with E-state index in [1.54, 1.807) is 37.3 Å². The molecule has 0 atom stereocenters. The van der Waals surface area contributed by atoms with Gasteiger partial charge < -0.3 is 0 Å². The molecule has 0 fully saturated rings. The maximum Gasteiger partial charge on any atom is 0.433 e. The summed E-state index contributed by atoms with van der Waals surface area (Å²) in [5.41, 5.74) is 2.73. The van der Waals surface area contributed by atoms with Gasteiger partial charge in [0.25, 0.3) is 5.69 Å². The van der Waals surface area contributed by atoms with Gasteiger partial charge in [-0.25, -0.2) is 9.97 Å². The molecular formula is C19H14F3N5O2. The van der Waals surface area contributed by atoms with Gasteiger partial charge in [0.1, 0.15) is 0 Å². The predicted molar refractivity (Wildman–Crippen MR) is 101 cm³/mol. The standard InChI is InChI=1S/C19H14F3N5O2/c1-12(13-7-9-15(10-8-13)27(28)29)25-26-17-11-16(19(20,21)22)23-18(24-17)14-5-3-2-4-6-14/h2-11H,1H3,(H,23,24,26)/b25-12-. The van der Waals surface area contributed by atoms with E-state index in [0.29, 0.717) is 16.8 Å². The highest BCUT2D eigenvalue weighted by Gasteiger charge is 2.33. The van der Waals surface area contributed by atoms with Gasteiger partial charge in [0, 0.05) is 23.8 Å². The topological polar surface area (TPSA) is 93.3 Å². The van der Waals surface area contributed by atoms with Crippen molar-refractivity contribution in [2.24, 2.45) is 5.10 Å². The van der Waals surface area contributed by atoms with Crippen molar-refractivity contribution in [1.29, 1.82) is 0 Å². The third kappa shape index (κ3) is 4.92. The van der Waals surface area contributed by atoms with Crippen LogP contribution in [0.4, 0.5) is 24.7 Å². The highest BCUT2D eigenvalue weighted by molar-refractivity contribution is 5.99. The van der Waals surface area contributed by atoms with Crippen molar-refractivity contribution >= 4 is 17.2 Å². The summed E-state index contributed by atoms with van der Waals surface area (Å²) in [5, 5.41) is 14.7. The fourth-order valence-corrected chi connectivity index (χ4v) is 2.40. The van der Waals surface area contributed by atoms with Gasteiger partial charge in [-0.05, 0) is 24.6 Å². The summed E-state index contributed by atoms with van der Waals surface area (Å²) in [6.45, 7) is 1.61. The predicted octanol–water partition coefficient (Wildman–Crippen LogP) is 4.91. The Morgan fingerprint density at radius 2 is 1.72 bits per heavy atom. The first-order valence-corrected chi connectivity index (χ1v) is 8.31. The molecule has 2 aromatic carbocycles. The first-order valence-electron chi connectivity index (χ1n) is 8.31. The van der Waals surface area contributed by atoms with Crippen LogP contribution in [-0.4, -0.2) is 20.6 Å². The molecule has 0 radical (unpaired) electrons. The van der Waals surface area contributed by atoms with Crippen molar-refractivity contribution in [3.63, 3.8) is 0 Å². The lowest BCUT2D eigenvalue weighted by Crippen LogP contribution is -2.11. The molecule has 0 bridgehead atoms. The van der Waals surface area contributed by atoms with Gasteiger partial charge in [-0.2, -0.15) is 18.3 Å². The number of hydrogen-bond donors (Lipinski definition) is 1. The largest absolute Gasteiger partial charge is 0.433 e. The van der Waals surface area contributed by atoms with Crippen molar-refractivity contribution in [3.05, 3.63) is 82.0 Å². The summed E-state index contributed by atoms with van der Waals surface area (Å²) in [7, 11) is 0. The van der Waals surface area contributed by atoms with E-state index in [0.717, 1.165) is 6.07 Å². The molecule has 0 aliphatic heterocycles. The van der Waals surface area contributed by atoms with Crippen LogP contribution in [0.5, 0.6) is 0 Å². The second-order valence-corrected chi connectivity index (χ2v) is 5.94. The number of halogens is 3. The number of nitro groups is 1. The fraction of sp³-hybridized carbons (Fsp3) is 0.105. The second-order valence-electron chi connectivity index (χ2n) is 5.94.